The third-order valence-corrected chi connectivity index (χ3v) is 3.64. The maximum atomic E-state index is 12.0. The Kier molecular flexibility index (Phi) is 3.36. The lowest BCUT2D eigenvalue weighted by atomic mass is 10.3. The van der Waals surface area contributed by atoms with Crippen molar-refractivity contribution in [2.24, 2.45) is 0 Å². The summed E-state index contributed by atoms with van der Waals surface area (Å²) in [6, 6.07) is 3.43. The van der Waals surface area contributed by atoms with Crippen molar-refractivity contribution in [3.63, 3.8) is 0 Å². The quantitative estimate of drug-likeness (QED) is 0.733. The third kappa shape index (κ3) is 2.31. The zero-order valence-electron chi connectivity index (χ0n) is 9.06. The second kappa shape index (κ2) is 4.76. The highest BCUT2D eigenvalue weighted by atomic mass is 32.1. The second-order valence-electron chi connectivity index (χ2n) is 3.62. The van der Waals surface area contributed by atoms with Crippen LogP contribution < -0.4 is 0 Å². The van der Waals surface area contributed by atoms with Crippen molar-refractivity contribution >= 4 is 23.0 Å². The van der Waals surface area contributed by atoms with E-state index in [1.54, 1.807) is 17.0 Å². The van der Waals surface area contributed by atoms with Gasteiger partial charge in [0.1, 0.15) is 0 Å². The fourth-order valence-electron chi connectivity index (χ4n) is 1.56. The van der Waals surface area contributed by atoms with E-state index in [2.05, 4.69) is 0 Å². The average molecular weight is 239 g/mol. The average Bonchev–Trinajstić information content (AvgIpc) is 2.78. The summed E-state index contributed by atoms with van der Waals surface area (Å²) in [6.07, 6.45) is 0. The highest BCUT2D eigenvalue weighted by Crippen LogP contribution is 2.19. The topological polar surface area (TPSA) is 46.6 Å². The van der Waals surface area contributed by atoms with Crippen molar-refractivity contribution in [3.8, 4) is 0 Å². The van der Waals surface area contributed by atoms with Gasteiger partial charge in [-0.3, -0.25) is 9.59 Å². The van der Waals surface area contributed by atoms with E-state index in [0.29, 0.717) is 36.1 Å². The van der Waals surface area contributed by atoms with Crippen molar-refractivity contribution in [2.75, 3.05) is 26.3 Å². The largest absolute Gasteiger partial charge is 0.378 e. The molecule has 0 atom stereocenters. The number of morpholine rings is 1. The Labute approximate surface area is 97.8 Å². The molecule has 1 saturated heterocycles. The van der Waals surface area contributed by atoms with Crippen LogP contribution in [0.5, 0.6) is 0 Å². The zero-order valence-corrected chi connectivity index (χ0v) is 9.88. The van der Waals surface area contributed by atoms with Gasteiger partial charge < -0.3 is 9.64 Å². The molecule has 5 heteroatoms. The van der Waals surface area contributed by atoms with Gasteiger partial charge in [0.25, 0.3) is 5.91 Å². The Hall–Kier alpha value is -1.20. The molecule has 4 nitrogen and oxygen atoms in total. The number of nitrogens with zero attached hydrogens (tertiary/aromatic N) is 1. The number of rotatable bonds is 2. The molecule has 16 heavy (non-hydrogen) atoms. The molecule has 0 radical (unpaired) electrons. The van der Waals surface area contributed by atoms with Crippen LogP contribution in [-0.4, -0.2) is 42.9 Å². The molecule has 2 rings (SSSR count). The summed E-state index contributed by atoms with van der Waals surface area (Å²) in [5, 5.41) is 0. The van der Waals surface area contributed by atoms with Crippen LogP contribution in [0.15, 0.2) is 12.1 Å². The van der Waals surface area contributed by atoms with Crippen molar-refractivity contribution in [3.05, 3.63) is 21.9 Å². The summed E-state index contributed by atoms with van der Waals surface area (Å²) in [5.74, 6) is 0.00632. The fourth-order valence-corrected chi connectivity index (χ4v) is 2.43. The molecule has 1 fully saturated rings. The van der Waals surface area contributed by atoms with E-state index in [1.807, 2.05) is 0 Å². The van der Waals surface area contributed by atoms with Gasteiger partial charge in [-0.05, 0) is 19.1 Å². The van der Waals surface area contributed by atoms with E-state index in [1.165, 1.54) is 18.3 Å². The minimum absolute atomic E-state index is 0.000741. The van der Waals surface area contributed by atoms with Gasteiger partial charge >= 0.3 is 0 Å². The maximum absolute atomic E-state index is 12.0. The lowest BCUT2D eigenvalue weighted by Gasteiger charge is -2.26. The highest BCUT2D eigenvalue weighted by Gasteiger charge is 2.20. The smallest absolute Gasteiger partial charge is 0.264 e. The lowest BCUT2D eigenvalue weighted by Crippen LogP contribution is -2.40. The molecule has 1 aliphatic rings. The Balaban J connectivity index is 2.10. The summed E-state index contributed by atoms with van der Waals surface area (Å²) >= 11 is 1.26. The van der Waals surface area contributed by atoms with Gasteiger partial charge in [0, 0.05) is 13.1 Å². The molecule has 0 unspecified atom stereocenters. The standard InChI is InChI=1S/C11H13NO3S/c1-8(13)9-2-3-10(16-9)11(14)12-4-6-15-7-5-12/h2-3H,4-7H2,1H3. The molecule has 1 aromatic heterocycles. The number of hydrogen-bond donors (Lipinski definition) is 0. The molecule has 0 aliphatic carbocycles. The van der Waals surface area contributed by atoms with Crippen LogP contribution in [0.2, 0.25) is 0 Å². The second-order valence-corrected chi connectivity index (χ2v) is 4.71. The van der Waals surface area contributed by atoms with Gasteiger partial charge in [0.2, 0.25) is 0 Å². The summed E-state index contributed by atoms with van der Waals surface area (Å²) < 4.78 is 5.18. The van der Waals surface area contributed by atoms with Gasteiger partial charge in [0.05, 0.1) is 23.0 Å². The monoisotopic (exact) mass is 239 g/mol. The number of ether oxygens (including phenoxy) is 1. The number of carbonyl (C=O) groups is 2. The van der Waals surface area contributed by atoms with Crippen LogP contribution in [0.4, 0.5) is 0 Å². The Morgan fingerprint density at radius 2 is 1.88 bits per heavy atom. The molecular formula is C11H13NO3S. The predicted octanol–water partition coefficient (Wildman–Crippen LogP) is 1.42. The van der Waals surface area contributed by atoms with E-state index < -0.39 is 0 Å². The van der Waals surface area contributed by atoms with Crippen molar-refractivity contribution in [1.82, 2.24) is 4.90 Å². The van der Waals surface area contributed by atoms with Crippen LogP contribution in [0.3, 0.4) is 0 Å². The summed E-state index contributed by atoms with van der Waals surface area (Å²) in [5.41, 5.74) is 0. The molecule has 86 valence electrons. The normalized spacial score (nSPS) is 16.2. The molecule has 0 saturated carbocycles. The maximum Gasteiger partial charge on any atom is 0.264 e. The molecule has 0 spiro atoms. The van der Waals surface area contributed by atoms with E-state index in [4.69, 9.17) is 4.74 Å². The first-order valence-electron chi connectivity index (χ1n) is 5.16. The Morgan fingerprint density at radius 1 is 1.25 bits per heavy atom. The molecular weight excluding hydrogens is 226 g/mol. The minimum Gasteiger partial charge on any atom is -0.378 e. The third-order valence-electron chi connectivity index (χ3n) is 2.46. The van der Waals surface area contributed by atoms with Crippen LogP contribution in [0.25, 0.3) is 0 Å². The van der Waals surface area contributed by atoms with E-state index in [-0.39, 0.29) is 11.7 Å². The van der Waals surface area contributed by atoms with Crippen molar-refractivity contribution in [1.29, 1.82) is 0 Å². The number of hydrogen-bond acceptors (Lipinski definition) is 4. The first-order valence-corrected chi connectivity index (χ1v) is 5.98. The molecule has 1 aliphatic heterocycles. The molecule has 1 amide bonds. The van der Waals surface area contributed by atoms with Crippen molar-refractivity contribution in [2.45, 2.75) is 6.92 Å². The van der Waals surface area contributed by atoms with E-state index >= 15 is 0 Å². The first kappa shape index (κ1) is 11.3. The number of ketones is 1. The molecule has 1 aromatic rings. The Bertz CT molecular complexity index is 407. The predicted molar refractivity (Wildman–Crippen MR) is 61.0 cm³/mol. The number of amides is 1. The zero-order chi connectivity index (χ0) is 11.5. The summed E-state index contributed by atoms with van der Waals surface area (Å²) in [7, 11) is 0. The Morgan fingerprint density at radius 3 is 2.44 bits per heavy atom. The molecule has 0 N–H and O–H groups in total. The SMILES string of the molecule is CC(=O)c1ccc(C(=O)N2CCOCC2)s1. The molecule has 0 aromatic carbocycles. The van der Waals surface area contributed by atoms with Gasteiger partial charge in [0.15, 0.2) is 5.78 Å². The molecule has 0 bridgehead atoms. The highest BCUT2D eigenvalue weighted by molar-refractivity contribution is 7.15. The van der Waals surface area contributed by atoms with Gasteiger partial charge in [-0.2, -0.15) is 0 Å². The summed E-state index contributed by atoms with van der Waals surface area (Å²) in [4.78, 5) is 26.2. The van der Waals surface area contributed by atoms with E-state index in [0.717, 1.165) is 0 Å². The number of Topliss-reactive ketones (excluding diaryl/α,β-unsaturated/α-hetero) is 1. The van der Waals surface area contributed by atoms with Crippen molar-refractivity contribution < 1.29 is 14.3 Å². The van der Waals surface area contributed by atoms with E-state index in [9.17, 15) is 9.59 Å². The van der Waals surface area contributed by atoms with Crippen LogP contribution in [0, 0.1) is 0 Å². The summed E-state index contributed by atoms with van der Waals surface area (Å²) in [6.45, 7) is 3.96. The first-order chi connectivity index (χ1) is 7.68. The van der Waals surface area contributed by atoms with Gasteiger partial charge in [-0.1, -0.05) is 0 Å². The number of thiophene rings is 1. The van der Waals surface area contributed by atoms with Crippen LogP contribution in [-0.2, 0) is 4.74 Å². The minimum atomic E-state index is 0.000741. The fraction of sp³-hybridized carbons (Fsp3) is 0.455. The molecule has 2 heterocycles. The number of carbonyl (C=O) groups excluding carboxylic acids is 2. The van der Waals surface area contributed by atoms with Crippen LogP contribution >= 0.6 is 11.3 Å². The lowest BCUT2D eigenvalue weighted by molar-refractivity contribution is 0.0306. The van der Waals surface area contributed by atoms with Crippen LogP contribution in [0.1, 0.15) is 26.3 Å². The van der Waals surface area contributed by atoms with Gasteiger partial charge in [-0.15, -0.1) is 11.3 Å². The van der Waals surface area contributed by atoms with Gasteiger partial charge in [-0.25, -0.2) is 0 Å².